The summed E-state index contributed by atoms with van der Waals surface area (Å²) in [5.74, 6) is 0.281. The minimum atomic E-state index is -0.235. The molecule has 1 amide bonds. The van der Waals surface area contributed by atoms with Gasteiger partial charge in [-0.05, 0) is 37.1 Å². The fraction of sp³-hybridized carbons (Fsp3) is 0.217. The van der Waals surface area contributed by atoms with Gasteiger partial charge in [-0.2, -0.15) is 10.2 Å². The molecule has 3 heterocycles. The summed E-state index contributed by atoms with van der Waals surface area (Å²) < 4.78 is 7.56. The highest BCUT2D eigenvalue weighted by molar-refractivity contribution is 5.93. The van der Waals surface area contributed by atoms with Gasteiger partial charge < -0.3 is 10.1 Å². The number of nitrogens with zero attached hydrogens (tertiary/aromatic N) is 4. The van der Waals surface area contributed by atoms with Gasteiger partial charge in [0, 0.05) is 37.1 Å². The number of hydrogen-bond donors (Lipinski definition) is 2. The lowest BCUT2D eigenvalue weighted by atomic mass is 10.1. The number of rotatable bonds is 7. The molecule has 0 bridgehead atoms. The molecular weight excluding hydrogens is 392 g/mol. The number of benzene rings is 1. The van der Waals surface area contributed by atoms with E-state index >= 15 is 0 Å². The third-order valence-corrected chi connectivity index (χ3v) is 5.07. The number of nitrogens with one attached hydrogen (secondary N) is 2. The topological polar surface area (TPSA) is 97.7 Å². The summed E-state index contributed by atoms with van der Waals surface area (Å²) in [6.07, 6.45) is 1.67. The first-order chi connectivity index (χ1) is 15.0. The van der Waals surface area contributed by atoms with Crippen molar-refractivity contribution in [2.24, 2.45) is 7.05 Å². The van der Waals surface area contributed by atoms with Crippen molar-refractivity contribution in [2.75, 3.05) is 0 Å². The molecule has 4 rings (SSSR count). The Morgan fingerprint density at radius 2 is 1.94 bits per heavy atom. The Kier molecular flexibility index (Phi) is 5.79. The van der Waals surface area contributed by atoms with Crippen molar-refractivity contribution >= 4 is 5.91 Å². The lowest BCUT2D eigenvalue weighted by Crippen LogP contribution is -2.23. The lowest BCUT2D eigenvalue weighted by Gasteiger charge is -2.08. The number of H-pyrrole nitrogens is 1. The maximum Gasteiger partial charge on any atom is 0.269 e. The second kappa shape index (κ2) is 8.83. The van der Waals surface area contributed by atoms with Gasteiger partial charge >= 0.3 is 0 Å². The molecule has 3 aromatic heterocycles. The molecular formula is C23H24N6O2. The van der Waals surface area contributed by atoms with E-state index in [0.29, 0.717) is 30.4 Å². The monoisotopic (exact) mass is 416 g/mol. The summed E-state index contributed by atoms with van der Waals surface area (Å²) in [5.41, 5.74) is 5.87. The van der Waals surface area contributed by atoms with E-state index in [-0.39, 0.29) is 5.91 Å². The Labute approximate surface area is 180 Å². The highest BCUT2D eigenvalue weighted by Gasteiger charge is 2.17. The van der Waals surface area contributed by atoms with Crippen LogP contribution < -0.4 is 10.1 Å². The van der Waals surface area contributed by atoms with E-state index in [4.69, 9.17) is 4.74 Å². The normalized spacial score (nSPS) is 10.8. The molecule has 0 saturated carbocycles. The molecule has 1 aromatic carbocycles. The smallest absolute Gasteiger partial charge is 0.269 e. The summed E-state index contributed by atoms with van der Waals surface area (Å²) in [6, 6.07) is 15.3. The van der Waals surface area contributed by atoms with E-state index in [9.17, 15) is 4.79 Å². The second-order valence-corrected chi connectivity index (χ2v) is 7.30. The zero-order valence-corrected chi connectivity index (χ0v) is 17.7. The Hall–Kier alpha value is -3.94. The summed E-state index contributed by atoms with van der Waals surface area (Å²) in [7, 11) is 1.89. The van der Waals surface area contributed by atoms with Gasteiger partial charge in [0.15, 0.2) is 0 Å². The molecule has 8 heteroatoms. The highest BCUT2D eigenvalue weighted by atomic mass is 16.5. The Bertz CT molecular complexity index is 1200. The molecule has 0 radical (unpaired) electrons. The zero-order valence-electron chi connectivity index (χ0n) is 17.7. The van der Waals surface area contributed by atoms with Crippen LogP contribution in [-0.2, 0) is 20.2 Å². The van der Waals surface area contributed by atoms with Gasteiger partial charge in [0.2, 0.25) is 5.88 Å². The number of amides is 1. The van der Waals surface area contributed by atoms with Crippen LogP contribution in [0.5, 0.6) is 5.88 Å². The molecule has 0 fully saturated rings. The fourth-order valence-electron chi connectivity index (χ4n) is 3.36. The van der Waals surface area contributed by atoms with E-state index in [1.807, 2.05) is 63.4 Å². The van der Waals surface area contributed by atoms with Crippen LogP contribution in [0.1, 0.15) is 33.0 Å². The maximum atomic E-state index is 12.6. The molecule has 0 atom stereocenters. The van der Waals surface area contributed by atoms with Crippen molar-refractivity contribution in [2.45, 2.75) is 27.0 Å². The molecule has 0 aliphatic carbocycles. The molecule has 2 N–H and O–H groups in total. The Morgan fingerprint density at radius 1 is 1.13 bits per heavy atom. The molecule has 0 unspecified atom stereocenters. The SMILES string of the molecule is Cc1nn(C)c(C)c1-c1cc(C(=O)NCc2ccnc(OCc3ccccc3)c2)[nH]n1. The molecule has 0 aliphatic heterocycles. The first-order valence-corrected chi connectivity index (χ1v) is 9.97. The average molecular weight is 416 g/mol. The van der Waals surface area contributed by atoms with Gasteiger partial charge in [-0.25, -0.2) is 4.98 Å². The number of aromatic amines is 1. The molecule has 31 heavy (non-hydrogen) atoms. The van der Waals surface area contributed by atoms with E-state index in [0.717, 1.165) is 28.1 Å². The molecule has 158 valence electrons. The number of hydrogen-bond acceptors (Lipinski definition) is 5. The van der Waals surface area contributed by atoms with Crippen LogP contribution >= 0.6 is 0 Å². The maximum absolute atomic E-state index is 12.6. The quantitative estimate of drug-likeness (QED) is 0.482. The third kappa shape index (κ3) is 4.63. The van der Waals surface area contributed by atoms with Crippen molar-refractivity contribution in [1.29, 1.82) is 0 Å². The number of carbonyl (C=O) groups is 1. The first-order valence-electron chi connectivity index (χ1n) is 9.97. The average Bonchev–Trinajstić information content (AvgIpc) is 3.36. The van der Waals surface area contributed by atoms with Gasteiger partial charge in [0.25, 0.3) is 5.91 Å². The number of aromatic nitrogens is 5. The summed E-state index contributed by atoms with van der Waals surface area (Å²) in [6.45, 7) is 4.69. The van der Waals surface area contributed by atoms with Crippen molar-refractivity contribution in [1.82, 2.24) is 30.3 Å². The van der Waals surface area contributed by atoms with Crippen molar-refractivity contribution in [3.05, 3.63) is 82.9 Å². The van der Waals surface area contributed by atoms with Gasteiger partial charge in [-0.3, -0.25) is 14.6 Å². The molecule has 0 aliphatic rings. The fourth-order valence-corrected chi connectivity index (χ4v) is 3.36. The first kappa shape index (κ1) is 20.3. The van der Waals surface area contributed by atoms with Crippen LogP contribution in [0.15, 0.2) is 54.7 Å². The second-order valence-electron chi connectivity index (χ2n) is 7.30. The van der Waals surface area contributed by atoms with E-state index in [1.54, 1.807) is 16.9 Å². The van der Waals surface area contributed by atoms with Gasteiger partial charge in [0.1, 0.15) is 12.3 Å². The Balaban J connectivity index is 1.37. The van der Waals surface area contributed by atoms with E-state index < -0.39 is 0 Å². The molecule has 0 spiro atoms. The predicted octanol–water partition coefficient (Wildman–Crippen LogP) is 3.33. The predicted molar refractivity (Wildman–Crippen MR) is 116 cm³/mol. The lowest BCUT2D eigenvalue weighted by molar-refractivity contribution is 0.0946. The van der Waals surface area contributed by atoms with Crippen molar-refractivity contribution < 1.29 is 9.53 Å². The minimum Gasteiger partial charge on any atom is -0.473 e. The summed E-state index contributed by atoms with van der Waals surface area (Å²) in [5, 5.41) is 14.4. The summed E-state index contributed by atoms with van der Waals surface area (Å²) >= 11 is 0. The van der Waals surface area contributed by atoms with Crippen LogP contribution in [0.25, 0.3) is 11.3 Å². The van der Waals surface area contributed by atoms with Crippen molar-refractivity contribution in [3.8, 4) is 17.1 Å². The zero-order chi connectivity index (χ0) is 21.8. The third-order valence-electron chi connectivity index (χ3n) is 5.07. The van der Waals surface area contributed by atoms with E-state index in [1.165, 1.54) is 0 Å². The number of carbonyl (C=O) groups excluding carboxylic acids is 1. The highest BCUT2D eigenvalue weighted by Crippen LogP contribution is 2.25. The summed E-state index contributed by atoms with van der Waals surface area (Å²) in [4.78, 5) is 16.8. The van der Waals surface area contributed by atoms with Crippen LogP contribution in [-0.4, -0.2) is 30.9 Å². The number of ether oxygens (including phenoxy) is 1. The minimum absolute atomic E-state index is 0.235. The van der Waals surface area contributed by atoms with Crippen molar-refractivity contribution in [3.63, 3.8) is 0 Å². The van der Waals surface area contributed by atoms with Gasteiger partial charge in [-0.15, -0.1) is 0 Å². The van der Waals surface area contributed by atoms with Gasteiger partial charge in [-0.1, -0.05) is 30.3 Å². The Morgan fingerprint density at radius 3 is 2.68 bits per heavy atom. The van der Waals surface area contributed by atoms with Gasteiger partial charge in [0.05, 0.1) is 11.4 Å². The van der Waals surface area contributed by atoms with Crippen LogP contribution in [0.2, 0.25) is 0 Å². The van der Waals surface area contributed by atoms with Crippen LogP contribution in [0, 0.1) is 13.8 Å². The number of pyridine rings is 1. The molecule has 4 aromatic rings. The molecule has 0 saturated heterocycles. The van der Waals surface area contributed by atoms with Crippen LogP contribution in [0.3, 0.4) is 0 Å². The van der Waals surface area contributed by atoms with E-state index in [2.05, 4.69) is 25.6 Å². The standard InChI is InChI=1S/C23H24N6O2/c1-15-22(16(2)29(3)28-15)19-12-20(27-26-19)23(30)25-13-18-9-10-24-21(11-18)31-14-17-7-5-4-6-8-17/h4-12H,13-14H2,1-3H3,(H,25,30)(H,26,27). The number of aryl methyl sites for hydroxylation is 2. The molecule has 8 nitrogen and oxygen atoms in total. The van der Waals surface area contributed by atoms with Crippen LogP contribution in [0.4, 0.5) is 0 Å². The largest absolute Gasteiger partial charge is 0.473 e.